The standard InChI is InChI=1S/C17H24BNO3/c1-15(2)10-19-14(20)12-8-7-11(9-13(12)15)18-21-16(3,4)17(5,6)22-18/h7-9H,10H2,1-6H3,(H,19,20). The highest BCUT2D eigenvalue weighted by Gasteiger charge is 2.52. The van der Waals surface area contributed by atoms with Crippen molar-refractivity contribution < 1.29 is 14.1 Å². The Bertz CT molecular complexity index is 621. The Labute approximate surface area is 132 Å². The van der Waals surface area contributed by atoms with E-state index < -0.39 is 7.12 Å². The predicted molar refractivity (Wildman–Crippen MR) is 87.5 cm³/mol. The van der Waals surface area contributed by atoms with Crippen molar-refractivity contribution in [3.8, 4) is 0 Å². The summed E-state index contributed by atoms with van der Waals surface area (Å²) in [5.74, 6) is -0.00482. The van der Waals surface area contributed by atoms with E-state index in [4.69, 9.17) is 9.31 Å². The van der Waals surface area contributed by atoms with Crippen LogP contribution in [0.5, 0.6) is 0 Å². The minimum atomic E-state index is -0.393. The van der Waals surface area contributed by atoms with E-state index in [0.717, 1.165) is 16.6 Å². The summed E-state index contributed by atoms with van der Waals surface area (Å²) >= 11 is 0. The number of carbonyl (C=O) groups excluding carboxylic acids is 1. The van der Waals surface area contributed by atoms with Gasteiger partial charge in [0.1, 0.15) is 0 Å². The van der Waals surface area contributed by atoms with Gasteiger partial charge in [-0.3, -0.25) is 4.79 Å². The molecule has 1 N–H and O–H groups in total. The molecular formula is C17H24BNO3. The lowest BCUT2D eigenvalue weighted by Gasteiger charge is -2.33. The van der Waals surface area contributed by atoms with Crippen LogP contribution in [0, 0.1) is 0 Å². The minimum absolute atomic E-state index is 0.00482. The van der Waals surface area contributed by atoms with Crippen LogP contribution in [-0.2, 0) is 14.7 Å². The molecule has 1 fully saturated rings. The fraction of sp³-hybridized carbons (Fsp3) is 0.588. The second-order valence-corrected chi connectivity index (χ2v) is 7.96. The van der Waals surface area contributed by atoms with Crippen molar-refractivity contribution in [3.63, 3.8) is 0 Å². The van der Waals surface area contributed by atoms with Crippen LogP contribution < -0.4 is 10.8 Å². The van der Waals surface area contributed by atoms with Gasteiger partial charge in [0.05, 0.1) is 11.2 Å². The van der Waals surface area contributed by atoms with Crippen LogP contribution in [0.3, 0.4) is 0 Å². The Morgan fingerprint density at radius 2 is 1.64 bits per heavy atom. The molecular weight excluding hydrogens is 277 g/mol. The smallest absolute Gasteiger partial charge is 0.399 e. The topological polar surface area (TPSA) is 47.6 Å². The fourth-order valence-corrected chi connectivity index (χ4v) is 2.94. The first-order valence-electron chi connectivity index (χ1n) is 7.82. The summed E-state index contributed by atoms with van der Waals surface area (Å²) in [5, 5.41) is 2.94. The second kappa shape index (κ2) is 4.59. The van der Waals surface area contributed by atoms with Crippen molar-refractivity contribution in [2.75, 3.05) is 6.54 Å². The molecule has 3 rings (SSSR count). The third-order valence-corrected chi connectivity index (χ3v) is 5.23. The maximum Gasteiger partial charge on any atom is 0.494 e. The molecule has 5 heteroatoms. The molecule has 0 unspecified atom stereocenters. The van der Waals surface area contributed by atoms with Gasteiger partial charge in [0.2, 0.25) is 0 Å². The number of hydrogen-bond acceptors (Lipinski definition) is 3. The van der Waals surface area contributed by atoms with Crippen LogP contribution in [0.15, 0.2) is 18.2 Å². The van der Waals surface area contributed by atoms with Gasteiger partial charge in [-0.05, 0) is 44.8 Å². The van der Waals surface area contributed by atoms with Crippen LogP contribution in [0.2, 0.25) is 0 Å². The van der Waals surface area contributed by atoms with Gasteiger partial charge in [0, 0.05) is 17.5 Å². The SMILES string of the molecule is CC1(C)CNC(=O)c2ccc(B3OC(C)(C)C(C)(C)O3)cc21. The lowest BCUT2D eigenvalue weighted by molar-refractivity contribution is 0.00578. The maximum atomic E-state index is 12.0. The Morgan fingerprint density at radius 1 is 1.05 bits per heavy atom. The highest BCUT2D eigenvalue weighted by molar-refractivity contribution is 6.62. The monoisotopic (exact) mass is 301 g/mol. The van der Waals surface area contributed by atoms with E-state index in [2.05, 4.69) is 25.2 Å². The molecule has 1 saturated heterocycles. The molecule has 1 aromatic rings. The van der Waals surface area contributed by atoms with Gasteiger partial charge in [0.25, 0.3) is 5.91 Å². The first-order valence-corrected chi connectivity index (χ1v) is 7.82. The normalized spacial score (nSPS) is 24.8. The Kier molecular flexibility index (Phi) is 3.25. The van der Waals surface area contributed by atoms with E-state index in [9.17, 15) is 4.79 Å². The molecule has 2 aliphatic heterocycles. The van der Waals surface area contributed by atoms with Crippen molar-refractivity contribution in [2.24, 2.45) is 0 Å². The Balaban J connectivity index is 2.00. The molecule has 0 bridgehead atoms. The molecule has 0 radical (unpaired) electrons. The number of fused-ring (bicyclic) bond motifs is 1. The van der Waals surface area contributed by atoms with E-state index in [-0.39, 0.29) is 22.5 Å². The van der Waals surface area contributed by atoms with Crippen LogP contribution >= 0.6 is 0 Å². The maximum absolute atomic E-state index is 12.0. The van der Waals surface area contributed by atoms with Gasteiger partial charge >= 0.3 is 7.12 Å². The summed E-state index contributed by atoms with van der Waals surface area (Å²) < 4.78 is 12.2. The Morgan fingerprint density at radius 3 is 2.23 bits per heavy atom. The van der Waals surface area contributed by atoms with E-state index in [0.29, 0.717) is 6.54 Å². The number of nitrogens with one attached hydrogen (secondary N) is 1. The van der Waals surface area contributed by atoms with Crippen molar-refractivity contribution in [1.82, 2.24) is 5.32 Å². The third-order valence-electron chi connectivity index (χ3n) is 5.23. The highest BCUT2D eigenvalue weighted by atomic mass is 16.7. The van der Waals surface area contributed by atoms with Crippen molar-refractivity contribution in [2.45, 2.75) is 58.2 Å². The zero-order chi connectivity index (χ0) is 16.3. The molecule has 0 spiro atoms. The number of hydrogen-bond donors (Lipinski definition) is 1. The summed E-state index contributed by atoms with van der Waals surface area (Å²) in [5.41, 5.74) is 1.96. The zero-order valence-electron chi connectivity index (χ0n) is 14.2. The summed E-state index contributed by atoms with van der Waals surface area (Å²) in [6.45, 7) is 13.1. The van der Waals surface area contributed by atoms with Gasteiger partial charge in [-0.25, -0.2) is 0 Å². The average Bonchev–Trinajstić information content (AvgIpc) is 2.63. The molecule has 4 nitrogen and oxygen atoms in total. The van der Waals surface area contributed by atoms with E-state index in [1.54, 1.807) is 0 Å². The molecule has 0 atom stereocenters. The van der Waals surface area contributed by atoms with Gasteiger partial charge in [-0.15, -0.1) is 0 Å². The molecule has 2 aliphatic rings. The van der Waals surface area contributed by atoms with E-state index in [1.807, 2.05) is 39.8 Å². The molecule has 1 amide bonds. The minimum Gasteiger partial charge on any atom is -0.399 e. The summed E-state index contributed by atoms with van der Waals surface area (Å²) in [4.78, 5) is 12.0. The molecule has 0 saturated carbocycles. The molecule has 2 heterocycles. The van der Waals surface area contributed by atoms with Crippen molar-refractivity contribution in [3.05, 3.63) is 29.3 Å². The molecule has 0 aromatic heterocycles. The van der Waals surface area contributed by atoms with Crippen LogP contribution in [0.4, 0.5) is 0 Å². The van der Waals surface area contributed by atoms with Gasteiger partial charge < -0.3 is 14.6 Å². The lowest BCUT2D eigenvalue weighted by atomic mass is 9.72. The number of rotatable bonds is 1. The van der Waals surface area contributed by atoms with E-state index >= 15 is 0 Å². The highest BCUT2D eigenvalue weighted by Crippen LogP contribution is 2.37. The number of carbonyl (C=O) groups is 1. The molecule has 1 aromatic carbocycles. The first-order chi connectivity index (χ1) is 10.0. The van der Waals surface area contributed by atoms with E-state index in [1.165, 1.54) is 0 Å². The molecule has 22 heavy (non-hydrogen) atoms. The quantitative estimate of drug-likeness (QED) is 0.807. The van der Waals surface area contributed by atoms with Gasteiger partial charge in [-0.2, -0.15) is 0 Å². The predicted octanol–water partition coefficient (Wildman–Crippen LogP) is 2.01. The Hall–Kier alpha value is -1.33. The van der Waals surface area contributed by atoms with Crippen LogP contribution in [-0.4, -0.2) is 30.8 Å². The second-order valence-electron chi connectivity index (χ2n) is 7.96. The fourth-order valence-electron chi connectivity index (χ4n) is 2.94. The third kappa shape index (κ3) is 2.27. The number of amides is 1. The average molecular weight is 301 g/mol. The van der Waals surface area contributed by atoms with Gasteiger partial charge in [0.15, 0.2) is 0 Å². The lowest BCUT2D eigenvalue weighted by Crippen LogP contribution is -2.45. The van der Waals surface area contributed by atoms with Crippen LogP contribution in [0.1, 0.15) is 57.5 Å². The van der Waals surface area contributed by atoms with Crippen LogP contribution in [0.25, 0.3) is 0 Å². The summed E-state index contributed by atoms with van der Waals surface area (Å²) in [7, 11) is -0.393. The summed E-state index contributed by atoms with van der Waals surface area (Å²) in [6, 6.07) is 5.88. The van der Waals surface area contributed by atoms with Crippen molar-refractivity contribution in [1.29, 1.82) is 0 Å². The molecule has 118 valence electrons. The zero-order valence-corrected chi connectivity index (χ0v) is 14.2. The number of benzene rings is 1. The first kappa shape index (κ1) is 15.6. The summed E-state index contributed by atoms with van der Waals surface area (Å²) in [6.07, 6.45) is 0. The largest absolute Gasteiger partial charge is 0.494 e. The molecule has 0 aliphatic carbocycles. The van der Waals surface area contributed by atoms with Crippen molar-refractivity contribution >= 4 is 18.5 Å². The van der Waals surface area contributed by atoms with Gasteiger partial charge in [-0.1, -0.05) is 26.0 Å².